The van der Waals surface area contributed by atoms with E-state index in [1.807, 2.05) is 12.1 Å². The fraction of sp³-hybridized carbons (Fsp3) is 0.500. The third-order valence-electron chi connectivity index (χ3n) is 2.97. The first-order valence-corrected chi connectivity index (χ1v) is 5.65. The maximum Gasteiger partial charge on any atom is 0.0440 e. The van der Waals surface area contributed by atoms with Gasteiger partial charge in [-0.2, -0.15) is 0 Å². The van der Waals surface area contributed by atoms with Gasteiger partial charge in [-0.05, 0) is 49.3 Å². The van der Waals surface area contributed by atoms with E-state index in [1.54, 1.807) is 0 Å². The van der Waals surface area contributed by atoms with E-state index in [0.717, 1.165) is 23.9 Å². The maximum absolute atomic E-state index is 6.19. The van der Waals surface area contributed by atoms with Gasteiger partial charge in [-0.1, -0.05) is 29.8 Å². The van der Waals surface area contributed by atoms with E-state index in [1.165, 1.54) is 18.4 Å². The van der Waals surface area contributed by atoms with Crippen LogP contribution in [0.1, 0.15) is 30.7 Å². The van der Waals surface area contributed by atoms with Crippen molar-refractivity contribution in [3.63, 3.8) is 0 Å². The molecular formula is C12H16ClN. The number of halogens is 1. The number of hydrogen-bond donors (Lipinski definition) is 1. The van der Waals surface area contributed by atoms with E-state index < -0.39 is 0 Å². The molecule has 1 aromatic rings. The Kier molecular flexibility index (Phi) is 3.09. The van der Waals surface area contributed by atoms with Crippen molar-refractivity contribution in [2.75, 3.05) is 6.54 Å². The van der Waals surface area contributed by atoms with Gasteiger partial charge < -0.3 is 5.73 Å². The van der Waals surface area contributed by atoms with Crippen LogP contribution >= 0.6 is 11.6 Å². The average Bonchev–Trinajstić information content (AvgIpc) is 2.99. The largest absolute Gasteiger partial charge is 0.330 e. The van der Waals surface area contributed by atoms with Crippen molar-refractivity contribution < 1.29 is 0 Å². The Morgan fingerprint density at radius 2 is 2.07 bits per heavy atom. The molecule has 0 saturated heterocycles. The first kappa shape index (κ1) is 10.0. The standard InChI is InChI=1S/C12H16ClN/c13-12-4-2-1-3-11(12)10(7-8-14)9-5-6-9/h1-4,9-10H,5-8,14H2. The lowest BCUT2D eigenvalue weighted by Crippen LogP contribution is -2.09. The highest BCUT2D eigenvalue weighted by Gasteiger charge is 2.32. The molecule has 0 aliphatic heterocycles. The Bertz CT molecular complexity index is 307. The summed E-state index contributed by atoms with van der Waals surface area (Å²) in [5.74, 6) is 1.42. The lowest BCUT2D eigenvalue weighted by Gasteiger charge is -2.16. The van der Waals surface area contributed by atoms with Gasteiger partial charge in [0, 0.05) is 5.02 Å². The number of nitrogens with two attached hydrogens (primary N) is 1. The molecule has 2 heteroatoms. The Balaban J connectivity index is 2.21. The molecule has 1 nitrogen and oxygen atoms in total. The summed E-state index contributed by atoms with van der Waals surface area (Å²) in [6.45, 7) is 0.756. The summed E-state index contributed by atoms with van der Waals surface area (Å²) < 4.78 is 0. The molecule has 0 bridgehead atoms. The summed E-state index contributed by atoms with van der Waals surface area (Å²) in [6, 6.07) is 8.16. The third kappa shape index (κ3) is 2.10. The number of benzene rings is 1. The summed E-state index contributed by atoms with van der Waals surface area (Å²) in [4.78, 5) is 0. The molecule has 0 amide bonds. The third-order valence-corrected chi connectivity index (χ3v) is 3.32. The second-order valence-electron chi connectivity index (χ2n) is 4.04. The zero-order valence-electron chi connectivity index (χ0n) is 8.25. The normalized spacial score (nSPS) is 18.1. The molecule has 0 heterocycles. The topological polar surface area (TPSA) is 26.0 Å². The molecule has 76 valence electrons. The van der Waals surface area contributed by atoms with Crippen LogP contribution in [0.3, 0.4) is 0 Å². The SMILES string of the molecule is NCCC(c1ccccc1Cl)C1CC1. The van der Waals surface area contributed by atoms with Crippen LogP contribution in [-0.4, -0.2) is 6.54 Å². The van der Waals surface area contributed by atoms with Gasteiger partial charge in [-0.15, -0.1) is 0 Å². The van der Waals surface area contributed by atoms with Crippen LogP contribution in [-0.2, 0) is 0 Å². The summed E-state index contributed by atoms with van der Waals surface area (Å²) in [7, 11) is 0. The van der Waals surface area contributed by atoms with Crippen molar-refractivity contribution in [1.29, 1.82) is 0 Å². The highest BCUT2D eigenvalue weighted by atomic mass is 35.5. The van der Waals surface area contributed by atoms with Gasteiger partial charge in [0.25, 0.3) is 0 Å². The molecule has 1 aromatic carbocycles. The van der Waals surface area contributed by atoms with E-state index in [2.05, 4.69) is 12.1 Å². The predicted molar refractivity (Wildman–Crippen MR) is 60.6 cm³/mol. The molecule has 0 radical (unpaired) electrons. The fourth-order valence-corrected chi connectivity index (χ4v) is 2.37. The molecule has 2 rings (SSSR count). The molecule has 1 aliphatic rings. The van der Waals surface area contributed by atoms with Gasteiger partial charge in [0.1, 0.15) is 0 Å². The Morgan fingerprint density at radius 1 is 1.36 bits per heavy atom. The van der Waals surface area contributed by atoms with E-state index in [4.69, 9.17) is 17.3 Å². The number of rotatable bonds is 4. The van der Waals surface area contributed by atoms with Crippen molar-refractivity contribution >= 4 is 11.6 Å². The second kappa shape index (κ2) is 4.33. The molecular weight excluding hydrogens is 194 g/mol. The Labute approximate surface area is 90.3 Å². The molecule has 1 aliphatic carbocycles. The lowest BCUT2D eigenvalue weighted by atomic mass is 9.91. The summed E-state index contributed by atoms with van der Waals surface area (Å²) in [5.41, 5.74) is 6.93. The van der Waals surface area contributed by atoms with Crippen LogP contribution in [0.15, 0.2) is 24.3 Å². The fourth-order valence-electron chi connectivity index (χ4n) is 2.10. The van der Waals surface area contributed by atoms with Gasteiger partial charge in [0.15, 0.2) is 0 Å². The highest BCUT2D eigenvalue weighted by molar-refractivity contribution is 6.31. The summed E-state index contributed by atoms with van der Waals surface area (Å²) in [6.07, 6.45) is 3.75. The monoisotopic (exact) mass is 209 g/mol. The van der Waals surface area contributed by atoms with Gasteiger partial charge in [0.2, 0.25) is 0 Å². The molecule has 0 spiro atoms. The summed E-state index contributed by atoms with van der Waals surface area (Å²) >= 11 is 6.19. The van der Waals surface area contributed by atoms with Crippen LogP contribution in [0.4, 0.5) is 0 Å². The van der Waals surface area contributed by atoms with Gasteiger partial charge in [0.05, 0.1) is 0 Å². The van der Waals surface area contributed by atoms with Crippen LogP contribution in [0, 0.1) is 5.92 Å². The first-order chi connectivity index (χ1) is 6.83. The Hall–Kier alpha value is -0.530. The molecule has 1 saturated carbocycles. The zero-order chi connectivity index (χ0) is 9.97. The van der Waals surface area contributed by atoms with Crippen molar-refractivity contribution in [1.82, 2.24) is 0 Å². The minimum atomic E-state index is 0.591. The lowest BCUT2D eigenvalue weighted by molar-refractivity contribution is 0.565. The van der Waals surface area contributed by atoms with Crippen molar-refractivity contribution in [2.24, 2.45) is 11.7 Å². The second-order valence-corrected chi connectivity index (χ2v) is 4.45. The van der Waals surface area contributed by atoms with E-state index >= 15 is 0 Å². The Morgan fingerprint density at radius 3 is 2.64 bits per heavy atom. The highest BCUT2D eigenvalue weighted by Crippen LogP contribution is 2.45. The quantitative estimate of drug-likeness (QED) is 0.810. The maximum atomic E-state index is 6.19. The predicted octanol–water partition coefficient (Wildman–Crippen LogP) is 3.18. The minimum Gasteiger partial charge on any atom is -0.330 e. The van der Waals surface area contributed by atoms with Crippen molar-refractivity contribution in [3.05, 3.63) is 34.9 Å². The van der Waals surface area contributed by atoms with Gasteiger partial charge >= 0.3 is 0 Å². The molecule has 0 aromatic heterocycles. The first-order valence-electron chi connectivity index (χ1n) is 5.27. The molecule has 1 fully saturated rings. The van der Waals surface area contributed by atoms with Crippen LogP contribution in [0.5, 0.6) is 0 Å². The van der Waals surface area contributed by atoms with E-state index in [-0.39, 0.29) is 0 Å². The van der Waals surface area contributed by atoms with Gasteiger partial charge in [-0.25, -0.2) is 0 Å². The zero-order valence-corrected chi connectivity index (χ0v) is 9.00. The van der Waals surface area contributed by atoms with Crippen molar-refractivity contribution in [2.45, 2.75) is 25.2 Å². The number of hydrogen-bond acceptors (Lipinski definition) is 1. The van der Waals surface area contributed by atoms with Crippen LogP contribution in [0.25, 0.3) is 0 Å². The molecule has 2 N–H and O–H groups in total. The molecule has 14 heavy (non-hydrogen) atoms. The van der Waals surface area contributed by atoms with E-state index in [0.29, 0.717) is 5.92 Å². The molecule has 1 atom stereocenters. The average molecular weight is 210 g/mol. The van der Waals surface area contributed by atoms with E-state index in [9.17, 15) is 0 Å². The molecule has 1 unspecified atom stereocenters. The van der Waals surface area contributed by atoms with Crippen molar-refractivity contribution in [3.8, 4) is 0 Å². The van der Waals surface area contributed by atoms with Crippen LogP contribution in [0.2, 0.25) is 5.02 Å². The van der Waals surface area contributed by atoms with Crippen LogP contribution < -0.4 is 5.73 Å². The summed E-state index contributed by atoms with van der Waals surface area (Å²) in [5, 5.41) is 0.901. The smallest absolute Gasteiger partial charge is 0.0440 e. The van der Waals surface area contributed by atoms with Gasteiger partial charge in [-0.3, -0.25) is 0 Å². The minimum absolute atomic E-state index is 0.591.